The van der Waals surface area contributed by atoms with Gasteiger partial charge in [-0.15, -0.1) is 0 Å². The Hall–Kier alpha value is -1.16. The molecule has 0 saturated carbocycles. The van der Waals surface area contributed by atoms with E-state index in [1.807, 2.05) is 0 Å². The third kappa shape index (κ3) is 2.89. The van der Waals surface area contributed by atoms with Crippen LogP contribution < -0.4 is 10.6 Å². The van der Waals surface area contributed by atoms with E-state index in [1.165, 1.54) is 22.3 Å². The highest BCUT2D eigenvalue weighted by molar-refractivity contribution is 7.08. The molecular formula is C16H20N2S. The zero-order chi connectivity index (χ0) is 13.1. The molecule has 0 amide bonds. The summed E-state index contributed by atoms with van der Waals surface area (Å²) in [5.41, 5.74) is 7.31. The quantitative estimate of drug-likeness (QED) is 0.894. The van der Waals surface area contributed by atoms with Gasteiger partial charge in [0.2, 0.25) is 0 Å². The molecule has 2 heterocycles. The lowest BCUT2D eigenvalue weighted by Crippen LogP contribution is -2.25. The Balaban J connectivity index is 1.66. The van der Waals surface area contributed by atoms with E-state index in [0.717, 1.165) is 32.6 Å². The van der Waals surface area contributed by atoms with E-state index in [9.17, 15) is 0 Å². The van der Waals surface area contributed by atoms with Crippen LogP contribution in [0, 0.1) is 6.92 Å². The standard InChI is InChI=1S/C16H20N2S/c1-12-10-19-11-15(12)9-18-8-14-4-2-3-13-7-17-6-5-16(13)14/h2-4,10-11,17-18H,5-9H2,1H3. The first-order chi connectivity index (χ1) is 9.34. The molecule has 1 aliphatic rings. The van der Waals surface area contributed by atoms with Crippen LogP contribution in [0.25, 0.3) is 0 Å². The molecule has 0 bridgehead atoms. The molecule has 100 valence electrons. The molecule has 0 saturated heterocycles. The third-order valence-electron chi connectivity index (χ3n) is 3.83. The van der Waals surface area contributed by atoms with Crippen LogP contribution in [0.1, 0.15) is 27.8 Å². The van der Waals surface area contributed by atoms with E-state index < -0.39 is 0 Å². The van der Waals surface area contributed by atoms with Crippen molar-refractivity contribution in [3.05, 3.63) is 56.8 Å². The number of hydrogen-bond donors (Lipinski definition) is 2. The average Bonchev–Trinajstić information content (AvgIpc) is 2.85. The molecule has 0 aliphatic carbocycles. The van der Waals surface area contributed by atoms with E-state index in [2.05, 4.69) is 46.5 Å². The van der Waals surface area contributed by atoms with Crippen LogP contribution in [-0.4, -0.2) is 6.54 Å². The van der Waals surface area contributed by atoms with Crippen molar-refractivity contribution in [3.8, 4) is 0 Å². The summed E-state index contributed by atoms with van der Waals surface area (Å²) in [4.78, 5) is 0. The van der Waals surface area contributed by atoms with Crippen LogP contribution in [0.4, 0.5) is 0 Å². The van der Waals surface area contributed by atoms with Gasteiger partial charge in [-0.25, -0.2) is 0 Å². The van der Waals surface area contributed by atoms with Crippen LogP contribution in [0.15, 0.2) is 29.0 Å². The Labute approximate surface area is 118 Å². The summed E-state index contributed by atoms with van der Waals surface area (Å²) in [6.45, 7) is 6.25. The first kappa shape index (κ1) is 12.9. The molecule has 2 N–H and O–H groups in total. The second-order valence-corrected chi connectivity index (χ2v) is 5.91. The highest BCUT2D eigenvalue weighted by atomic mass is 32.1. The Morgan fingerprint density at radius 3 is 2.95 bits per heavy atom. The fourth-order valence-electron chi connectivity index (χ4n) is 2.68. The van der Waals surface area contributed by atoms with Gasteiger partial charge in [0.1, 0.15) is 0 Å². The van der Waals surface area contributed by atoms with Gasteiger partial charge in [0.25, 0.3) is 0 Å². The van der Waals surface area contributed by atoms with Gasteiger partial charge in [0.15, 0.2) is 0 Å². The minimum atomic E-state index is 0.969. The van der Waals surface area contributed by atoms with Crippen molar-refractivity contribution in [3.63, 3.8) is 0 Å². The molecule has 0 fully saturated rings. The minimum absolute atomic E-state index is 0.969. The largest absolute Gasteiger partial charge is 0.312 e. The summed E-state index contributed by atoms with van der Waals surface area (Å²) < 4.78 is 0. The molecule has 3 heteroatoms. The summed E-state index contributed by atoms with van der Waals surface area (Å²) in [6, 6.07) is 6.68. The zero-order valence-electron chi connectivity index (χ0n) is 11.3. The van der Waals surface area contributed by atoms with Gasteiger partial charge >= 0.3 is 0 Å². The van der Waals surface area contributed by atoms with Crippen molar-refractivity contribution in [1.29, 1.82) is 0 Å². The zero-order valence-corrected chi connectivity index (χ0v) is 12.1. The maximum absolute atomic E-state index is 3.58. The van der Waals surface area contributed by atoms with Crippen LogP contribution in [-0.2, 0) is 26.1 Å². The van der Waals surface area contributed by atoms with Gasteiger partial charge in [-0.2, -0.15) is 11.3 Å². The number of hydrogen-bond acceptors (Lipinski definition) is 3. The fraction of sp³-hybridized carbons (Fsp3) is 0.375. The molecule has 0 atom stereocenters. The maximum Gasteiger partial charge on any atom is 0.0219 e. The summed E-state index contributed by atoms with van der Waals surface area (Å²) in [5.74, 6) is 0. The first-order valence-corrected chi connectivity index (χ1v) is 7.81. The summed E-state index contributed by atoms with van der Waals surface area (Å²) in [5, 5.41) is 11.5. The number of benzene rings is 1. The normalized spacial score (nSPS) is 14.4. The second-order valence-electron chi connectivity index (χ2n) is 5.17. The van der Waals surface area contributed by atoms with Crippen LogP contribution in [0.3, 0.4) is 0 Å². The smallest absolute Gasteiger partial charge is 0.0219 e. The number of fused-ring (bicyclic) bond motifs is 1. The Morgan fingerprint density at radius 1 is 1.21 bits per heavy atom. The van der Waals surface area contributed by atoms with Crippen molar-refractivity contribution in [2.45, 2.75) is 33.0 Å². The molecule has 2 aromatic rings. The number of thiophene rings is 1. The molecule has 1 aliphatic heterocycles. The molecular weight excluding hydrogens is 252 g/mol. The Bertz CT molecular complexity index is 560. The SMILES string of the molecule is Cc1cscc1CNCc1cccc2c1CCNC2. The Morgan fingerprint density at radius 2 is 2.11 bits per heavy atom. The van der Waals surface area contributed by atoms with Gasteiger partial charge in [-0.1, -0.05) is 18.2 Å². The molecule has 0 spiro atoms. The maximum atomic E-state index is 3.58. The summed E-state index contributed by atoms with van der Waals surface area (Å²) in [7, 11) is 0. The lowest BCUT2D eigenvalue weighted by Gasteiger charge is -2.20. The number of aryl methyl sites for hydroxylation is 1. The van der Waals surface area contributed by atoms with Gasteiger partial charge in [-0.3, -0.25) is 0 Å². The molecule has 3 rings (SSSR count). The van der Waals surface area contributed by atoms with Crippen molar-refractivity contribution in [2.24, 2.45) is 0 Å². The van der Waals surface area contributed by atoms with Crippen LogP contribution in [0.2, 0.25) is 0 Å². The van der Waals surface area contributed by atoms with E-state index in [-0.39, 0.29) is 0 Å². The highest BCUT2D eigenvalue weighted by Gasteiger charge is 2.11. The lowest BCUT2D eigenvalue weighted by molar-refractivity contribution is 0.626. The molecule has 19 heavy (non-hydrogen) atoms. The summed E-state index contributed by atoms with van der Waals surface area (Å²) >= 11 is 1.79. The number of nitrogens with one attached hydrogen (secondary N) is 2. The molecule has 1 aromatic heterocycles. The molecule has 2 nitrogen and oxygen atoms in total. The predicted molar refractivity (Wildman–Crippen MR) is 81.5 cm³/mol. The van der Waals surface area contributed by atoms with Gasteiger partial charge in [0, 0.05) is 19.6 Å². The van der Waals surface area contributed by atoms with Crippen molar-refractivity contribution < 1.29 is 0 Å². The second kappa shape index (κ2) is 5.87. The van der Waals surface area contributed by atoms with E-state index in [1.54, 1.807) is 16.9 Å². The van der Waals surface area contributed by atoms with Gasteiger partial charge in [0.05, 0.1) is 0 Å². The minimum Gasteiger partial charge on any atom is -0.312 e. The van der Waals surface area contributed by atoms with Crippen LogP contribution in [0.5, 0.6) is 0 Å². The van der Waals surface area contributed by atoms with E-state index in [0.29, 0.717) is 0 Å². The molecule has 0 radical (unpaired) electrons. The Kier molecular flexibility index (Phi) is 3.97. The average molecular weight is 272 g/mol. The molecule has 1 aromatic carbocycles. The number of rotatable bonds is 4. The summed E-state index contributed by atoms with van der Waals surface area (Å²) in [6.07, 6.45) is 1.16. The monoisotopic (exact) mass is 272 g/mol. The van der Waals surface area contributed by atoms with E-state index in [4.69, 9.17) is 0 Å². The first-order valence-electron chi connectivity index (χ1n) is 6.87. The predicted octanol–water partition coefficient (Wildman–Crippen LogP) is 2.99. The third-order valence-corrected chi connectivity index (χ3v) is 4.74. The van der Waals surface area contributed by atoms with Gasteiger partial charge in [-0.05, 0) is 58.5 Å². The van der Waals surface area contributed by atoms with Gasteiger partial charge < -0.3 is 10.6 Å². The van der Waals surface area contributed by atoms with Crippen molar-refractivity contribution in [1.82, 2.24) is 10.6 Å². The highest BCUT2D eigenvalue weighted by Crippen LogP contribution is 2.19. The lowest BCUT2D eigenvalue weighted by atomic mass is 9.95. The molecule has 0 unspecified atom stereocenters. The van der Waals surface area contributed by atoms with Crippen molar-refractivity contribution >= 4 is 11.3 Å². The van der Waals surface area contributed by atoms with Crippen molar-refractivity contribution in [2.75, 3.05) is 6.54 Å². The topological polar surface area (TPSA) is 24.1 Å². The fourth-order valence-corrected chi connectivity index (χ4v) is 3.53. The van der Waals surface area contributed by atoms with E-state index >= 15 is 0 Å². The van der Waals surface area contributed by atoms with Crippen LogP contribution >= 0.6 is 11.3 Å².